The lowest BCUT2D eigenvalue weighted by Crippen LogP contribution is -2.30. The number of amides is 1. The monoisotopic (exact) mass is 487 g/mol. The fraction of sp³-hybridized carbons (Fsp3) is 0.375. The van der Waals surface area contributed by atoms with Gasteiger partial charge in [0.25, 0.3) is 5.91 Å². The van der Waals surface area contributed by atoms with Crippen molar-refractivity contribution >= 4 is 23.3 Å². The lowest BCUT2D eigenvalue weighted by molar-refractivity contribution is -0.147. The first-order valence-corrected chi connectivity index (χ1v) is 13.3. The molecule has 0 spiro atoms. The van der Waals surface area contributed by atoms with Crippen molar-refractivity contribution in [1.82, 2.24) is 0 Å². The fourth-order valence-corrected chi connectivity index (χ4v) is 3.76. The molecule has 0 saturated carbocycles. The minimum absolute atomic E-state index is 0.264. The molecule has 0 N–H and O–H groups in total. The van der Waals surface area contributed by atoms with Crippen LogP contribution in [0.2, 0.25) is 0 Å². The Bertz CT molecular complexity index is 908. The van der Waals surface area contributed by atoms with Crippen molar-refractivity contribution in [2.75, 3.05) is 11.5 Å². The summed E-state index contributed by atoms with van der Waals surface area (Å²) in [6.07, 6.45) is 23.1. The van der Waals surface area contributed by atoms with Gasteiger partial charge in [-0.3, -0.25) is 14.5 Å². The van der Waals surface area contributed by atoms with Crippen molar-refractivity contribution in [1.29, 1.82) is 0 Å². The van der Waals surface area contributed by atoms with Crippen LogP contribution in [0.5, 0.6) is 0 Å². The number of carbonyl (C=O) groups excluding carboxylic acids is 2. The van der Waals surface area contributed by atoms with Gasteiger partial charge in [-0.05, 0) is 62.8 Å². The number of esters is 1. The van der Waals surface area contributed by atoms with Crippen LogP contribution in [0, 0.1) is 0 Å². The Morgan fingerprint density at radius 1 is 0.694 bits per heavy atom. The van der Waals surface area contributed by atoms with Crippen molar-refractivity contribution in [2.45, 2.75) is 71.1 Å². The van der Waals surface area contributed by atoms with E-state index in [4.69, 9.17) is 4.74 Å². The summed E-state index contributed by atoms with van der Waals surface area (Å²) in [4.78, 5) is 26.7. The zero-order valence-corrected chi connectivity index (χ0v) is 21.7. The zero-order chi connectivity index (χ0) is 25.7. The average molecular weight is 488 g/mol. The topological polar surface area (TPSA) is 46.6 Å². The van der Waals surface area contributed by atoms with Gasteiger partial charge in [-0.25, -0.2) is 0 Å². The molecule has 0 radical (unpaired) electrons. The van der Waals surface area contributed by atoms with Crippen LogP contribution in [0.15, 0.2) is 97.1 Å². The van der Waals surface area contributed by atoms with E-state index in [0.29, 0.717) is 6.42 Å². The highest BCUT2D eigenvalue weighted by Crippen LogP contribution is 2.25. The maximum atomic E-state index is 12.9. The first kappa shape index (κ1) is 28.8. The first-order chi connectivity index (χ1) is 17.7. The molecule has 0 atom stereocenters. The number of allylic oxidation sites excluding steroid dienone is 6. The SMILES string of the molecule is CC/C=C\C/C=C\C/C=C\CCCCCCCC(=O)OCC(=O)N(c1ccccc1)c1ccccc1. The van der Waals surface area contributed by atoms with Gasteiger partial charge in [0.2, 0.25) is 0 Å². The molecule has 4 heteroatoms. The second kappa shape index (κ2) is 18.9. The van der Waals surface area contributed by atoms with Gasteiger partial charge in [0.1, 0.15) is 0 Å². The second-order valence-corrected chi connectivity index (χ2v) is 8.66. The van der Waals surface area contributed by atoms with E-state index in [2.05, 4.69) is 43.4 Å². The van der Waals surface area contributed by atoms with Crippen LogP contribution < -0.4 is 4.90 Å². The third-order valence-corrected chi connectivity index (χ3v) is 5.67. The van der Waals surface area contributed by atoms with E-state index in [1.54, 1.807) is 4.90 Å². The molecule has 0 aromatic heterocycles. The fourth-order valence-electron chi connectivity index (χ4n) is 3.76. The van der Waals surface area contributed by atoms with Gasteiger partial charge in [0.15, 0.2) is 6.61 Å². The van der Waals surface area contributed by atoms with E-state index in [1.807, 2.05) is 60.7 Å². The molecule has 2 rings (SSSR count). The molecule has 0 fully saturated rings. The van der Waals surface area contributed by atoms with Crippen molar-refractivity contribution in [3.05, 3.63) is 97.1 Å². The second-order valence-electron chi connectivity index (χ2n) is 8.66. The van der Waals surface area contributed by atoms with Crippen LogP contribution in [0.4, 0.5) is 11.4 Å². The van der Waals surface area contributed by atoms with Gasteiger partial charge in [-0.1, -0.05) is 99.0 Å². The molecule has 192 valence electrons. The average Bonchev–Trinajstić information content (AvgIpc) is 2.91. The van der Waals surface area contributed by atoms with Gasteiger partial charge in [0, 0.05) is 17.8 Å². The lowest BCUT2D eigenvalue weighted by atomic mass is 10.1. The number of hydrogen-bond donors (Lipinski definition) is 0. The number of nitrogens with zero attached hydrogens (tertiary/aromatic N) is 1. The van der Waals surface area contributed by atoms with Gasteiger partial charge < -0.3 is 4.74 Å². The largest absolute Gasteiger partial charge is 0.456 e. The molecule has 0 bridgehead atoms. The highest BCUT2D eigenvalue weighted by Gasteiger charge is 2.19. The van der Waals surface area contributed by atoms with Crippen molar-refractivity contribution < 1.29 is 14.3 Å². The quantitative estimate of drug-likeness (QED) is 0.128. The summed E-state index contributed by atoms with van der Waals surface area (Å²) < 4.78 is 5.30. The summed E-state index contributed by atoms with van der Waals surface area (Å²) in [5.74, 6) is -0.580. The summed E-state index contributed by atoms with van der Waals surface area (Å²) in [5.41, 5.74) is 1.49. The predicted molar refractivity (Wildman–Crippen MR) is 150 cm³/mol. The standard InChI is InChI=1S/C32H41NO3/c1-2-3-4-5-6-7-8-9-10-11-12-13-14-15-22-27-32(35)36-28-31(34)33(29-23-18-16-19-24-29)30-25-20-17-21-26-30/h3-4,6-7,9-10,16-21,23-26H,2,5,8,11-15,22,27-28H2,1H3/b4-3-,7-6-,10-9-. The minimum Gasteiger partial charge on any atom is -0.456 e. The zero-order valence-electron chi connectivity index (χ0n) is 21.7. The molecule has 36 heavy (non-hydrogen) atoms. The third kappa shape index (κ3) is 12.3. The smallest absolute Gasteiger partial charge is 0.306 e. The van der Waals surface area contributed by atoms with E-state index in [-0.39, 0.29) is 18.5 Å². The Morgan fingerprint density at radius 3 is 1.83 bits per heavy atom. The van der Waals surface area contributed by atoms with Crippen LogP contribution in [-0.2, 0) is 14.3 Å². The van der Waals surface area contributed by atoms with Gasteiger partial charge in [-0.2, -0.15) is 0 Å². The predicted octanol–water partition coefficient (Wildman–Crippen LogP) is 8.48. The van der Waals surface area contributed by atoms with Gasteiger partial charge >= 0.3 is 5.97 Å². The summed E-state index contributed by atoms with van der Waals surface area (Å²) >= 11 is 0. The lowest BCUT2D eigenvalue weighted by Gasteiger charge is -2.22. The number of unbranched alkanes of at least 4 members (excludes halogenated alkanes) is 5. The molecule has 0 aliphatic rings. The normalized spacial score (nSPS) is 11.5. The highest BCUT2D eigenvalue weighted by atomic mass is 16.5. The van der Waals surface area contributed by atoms with E-state index in [9.17, 15) is 9.59 Å². The molecule has 0 unspecified atom stereocenters. The Hall–Kier alpha value is -3.40. The van der Waals surface area contributed by atoms with Gasteiger partial charge in [0.05, 0.1) is 0 Å². The van der Waals surface area contributed by atoms with Crippen molar-refractivity contribution in [2.24, 2.45) is 0 Å². The Labute approximate surface area is 217 Å². The summed E-state index contributed by atoms with van der Waals surface area (Å²) in [6, 6.07) is 18.8. The Balaban J connectivity index is 1.57. The molecule has 0 aliphatic heterocycles. The number of ether oxygens (including phenoxy) is 1. The molecular formula is C32H41NO3. The highest BCUT2D eigenvalue weighted by molar-refractivity contribution is 6.01. The molecule has 2 aromatic carbocycles. The molecule has 0 aliphatic carbocycles. The van der Waals surface area contributed by atoms with Crippen LogP contribution in [-0.4, -0.2) is 18.5 Å². The van der Waals surface area contributed by atoms with Crippen molar-refractivity contribution in [3.8, 4) is 0 Å². The number of benzene rings is 2. The van der Waals surface area contributed by atoms with Crippen LogP contribution in [0.3, 0.4) is 0 Å². The maximum Gasteiger partial charge on any atom is 0.306 e. The van der Waals surface area contributed by atoms with E-state index >= 15 is 0 Å². The van der Waals surface area contributed by atoms with Gasteiger partial charge in [-0.15, -0.1) is 0 Å². The van der Waals surface area contributed by atoms with E-state index in [1.165, 1.54) is 12.8 Å². The molecule has 2 aromatic rings. The first-order valence-electron chi connectivity index (χ1n) is 13.3. The molecule has 0 saturated heterocycles. The molecule has 0 heterocycles. The van der Waals surface area contributed by atoms with Crippen LogP contribution >= 0.6 is 0 Å². The minimum atomic E-state index is -0.314. The van der Waals surface area contributed by atoms with Crippen LogP contribution in [0.1, 0.15) is 71.1 Å². The number of hydrogen-bond acceptors (Lipinski definition) is 3. The number of rotatable bonds is 17. The van der Waals surface area contributed by atoms with Crippen LogP contribution in [0.25, 0.3) is 0 Å². The van der Waals surface area contributed by atoms with E-state index in [0.717, 1.165) is 56.3 Å². The number of para-hydroxylation sites is 2. The van der Waals surface area contributed by atoms with Crippen molar-refractivity contribution in [3.63, 3.8) is 0 Å². The third-order valence-electron chi connectivity index (χ3n) is 5.67. The summed E-state index contributed by atoms with van der Waals surface area (Å²) in [7, 11) is 0. The Morgan fingerprint density at radius 2 is 1.22 bits per heavy atom. The summed E-state index contributed by atoms with van der Waals surface area (Å²) in [5, 5.41) is 0. The Kier molecular flexibility index (Phi) is 15.1. The maximum absolute atomic E-state index is 12.9. The molecule has 1 amide bonds. The molecule has 4 nitrogen and oxygen atoms in total. The summed E-state index contributed by atoms with van der Waals surface area (Å²) in [6.45, 7) is 1.88. The molecular weight excluding hydrogens is 446 g/mol. The van der Waals surface area contributed by atoms with E-state index < -0.39 is 0 Å². The number of carbonyl (C=O) groups is 2. The number of anilines is 2.